The van der Waals surface area contributed by atoms with E-state index >= 15 is 0 Å². The minimum absolute atomic E-state index is 0.116. The molecule has 3 aliphatic heterocycles. The Balaban J connectivity index is 1.22. The molecule has 0 unspecified atom stereocenters. The molecule has 7 rings (SSSR count). The van der Waals surface area contributed by atoms with Gasteiger partial charge in [0.05, 0.1) is 24.2 Å². The summed E-state index contributed by atoms with van der Waals surface area (Å²) in [5.74, 6) is 1.63. The minimum Gasteiger partial charge on any atom is -0.352 e. The van der Waals surface area contributed by atoms with Crippen molar-refractivity contribution in [2.24, 2.45) is 0 Å². The SMILES string of the molecule is C=CC(=O)N1CCN(c2nc(N3CC(N(C)C)C3)nc3c2CN([C@H]2Cc4cccc5cccc2c45)C3)C[C@@H]1CC#N. The van der Waals surface area contributed by atoms with Gasteiger partial charge >= 0.3 is 0 Å². The lowest BCUT2D eigenvalue weighted by atomic mass is 10.0. The molecule has 4 heterocycles. The first-order valence-corrected chi connectivity index (χ1v) is 14.6. The van der Waals surface area contributed by atoms with Gasteiger partial charge in [-0.2, -0.15) is 10.2 Å². The molecule has 9 nitrogen and oxygen atoms in total. The Kier molecular flexibility index (Phi) is 6.40. The number of fused-ring (bicyclic) bond motifs is 1. The van der Waals surface area contributed by atoms with Crippen molar-refractivity contribution in [1.29, 1.82) is 5.26 Å². The van der Waals surface area contributed by atoms with Crippen LogP contribution in [0.25, 0.3) is 10.8 Å². The average Bonchev–Trinajstić information content (AvgIpc) is 3.54. The third kappa shape index (κ3) is 4.33. The first-order chi connectivity index (χ1) is 19.9. The van der Waals surface area contributed by atoms with Crippen LogP contribution < -0.4 is 9.80 Å². The molecular formula is C32H36N8O. The normalized spacial score (nSPS) is 22.2. The number of aromatic nitrogens is 2. The van der Waals surface area contributed by atoms with Crippen molar-refractivity contribution in [2.45, 2.75) is 44.1 Å². The Bertz CT molecular complexity index is 1570. The van der Waals surface area contributed by atoms with Crippen LogP contribution in [0.3, 0.4) is 0 Å². The number of rotatable bonds is 6. The number of nitriles is 1. The van der Waals surface area contributed by atoms with Crippen LogP contribution in [0, 0.1) is 11.3 Å². The Hall–Kier alpha value is -4.00. The fraction of sp³-hybridized carbons (Fsp3) is 0.438. The molecule has 0 saturated carbocycles. The van der Waals surface area contributed by atoms with E-state index in [9.17, 15) is 10.1 Å². The number of piperazine rings is 1. The van der Waals surface area contributed by atoms with E-state index in [0.29, 0.717) is 31.7 Å². The summed E-state index contributed by atoms with van der Waals surface area (Å²) in [6.45, 7) is 8.85. The van der Waals surface area contributed by atoms with Gasteiger partial charge in [0.15, 0.2) is 0 Å². The third-order valence-electron chi connectivity index (χ3n) is 9.45. The van der Waals surface area contributed by atoms with Gasteiger partial charge in [-0.3, -0.25) is 9.69 Å². The van der Waals surface area contributed by atoms with Gasteiger partial charge in [0.25, 0.3) is 0 Å². The van der Waals surface area contributed by atoms with Crippen molar-refractivity contribution in [3.05, 3.63) is 71.4 Å². The molecular weight excluding hydrogens is 512 g/mol. The van der Waals surface area contributed by atoms with Crippen LogP contribution in [0.2, 0.25) is 0 Å². The molecule has 9 heteroatoms. The summed E-state index contributed by atoms with van der Waals surface area (Å²) in [5.41, 5.74) is 5.11. The number of carbonyl (C=O) groups is 1. The molecule has 0 spiro atoms. The van der Waals surface area contributed by atoms with Gasteiger partial charge in [-0.15, -0.1) is 0 Å². The first kappa shape index (κ1) is 25.9. The molecule has 1 aromatic heterocycles. The Morgan fingerprint density at radius 2 is 1.90 bits per heavy atom. The van der Waals surface area contributed by atoms with E-state index in [4.69, 9.17) is 9.97 Å². The summed E-state index contributed by atoms with van der Waals surface area (Å²) in [6.07, 6.45) is 2.64. The summed E-state index contributed by atoms with van der Waals surface area (Å²) in [5, 5.41) is 12.3. The summed E-state index contributed by atoms with van der Waals surface area (Å²) < 4.78 is 0. The Labute approximate surface area is 241 Å². The van der Waals surface area contributed by atoms with Crippen LogP contribution >= 0.6 is 0 Å². The van der Waals surface area contributed by atoms with E-state index < -0.39 is 0 Å². The maximum absolute atomic E-state index is 12.6. The molecule has 2 saturated heterocycles. The second-order valence-electron chi connectivity index (χ2n) is 12.0. The van der Waals surface area contributed by atoms with Crippen molar-refractivity contribution in [1.82, 2.24) is 24.7 Å². The molecule has 2 atom stereocenters. The molecule has 2 fully saturated rings. The predicted molar refractivity (Wildman–Crippen MR) is 160 cm³/mol. The minimum atomic E-state index is -0.199. The van der Waals surface area contributed by atoms with Crippen molar-refractivity contribution in [3.8, 4) is 6.07 Å². The largest absolute Gasteiger partial charge is 0.352 e. The summed E-state index contributed by atoms with van der Waals surface area (Å²) >= 11 is 0. The molecule has 0 N–H and O–H groups in total. The van der Waals surface area contributed by atoms with E-state index in [-0.39, 0.29) is 18.4 Å². The fourth-order valence-electron chi connectivity index (χ4n) is 7.09. The van der Waals surface area contributed by atoms with Gasteiger partial charge < -0.3 is 19.6 Å². The van der Waals surface area contributed by atoms with Crippen molar-refractivity contribution in [2.75, 3.05) is 56.6 Å². The lowest BCUT2D eigenvalue weighted by Gasteiger charge is -2.44. The van der Waals surface area contributed by atoms with Gasteiger partial charge in [0.2, 0.25) is 11.9 Å². The van der Waals surface area contributed by atoms with Crippen molar-refractivity contribution >= 4 is 28.4 Å². The van der Waals surface area contributed by atoms with Crippen molar-refractivity contribution < 1.29 is 4.79 Å². The van der Waals surface area contributed by atoms with Crippen LogP contribution in [0.15, 0.2) is 49.1 Å². The number of hydrogen-bond acceptors (Lipinski definition) is 8. The van der Waals surface area contributed by atoms with E-state index in [1.807, 2.05) is 0 Å². The van der Waals surface area contributed by atoms with Crippen LogP contribution in [0.1, 0.15) is 34.8 Å². The van der Waals surface area contributed by atoms with Gasteiger partial charge in [-0.1, -0.05) is 43.0 Å². The third-order valence-corrected chi connectivity index (χ3v) is 9.45. The Morgan fingerprint density at radius 1 is 1.10 bits per heavy atom. The smallest absolute Gasteiger partial charge is 0.246 e. The predicted octanol–water partition coefficient (Wildman–Crippen LogP) is 3.11. The molecule has 41 heavy (non-hydrogen) atoms. The number of likely N-dealkylation sites (N-methyl/N-ethyl adjacent to an activating group) is 1. The maximum Gasteiger partial charge on any atom is 0.246 e. The van der Waals surface area contributed by atoms with E-state index in [1.54, 1.807) is 4.90 Å². The number of carbonyl (C=O) groups excluding carboxylic acids is 1. The topological polar surface area (TPSA) is 82.8 Å². The highest BCUT2D eigenvalue weighted by Crippen LogP contribution is 2.44. The molecule has 0 radical (unpaired) electrons. The molecule has 3 aromatic rings. The number of hydrogen-bond donors (Lipinski definition) is 0. The number of nitrogens with zero attached hydrogens (tertiary/aromatic N) is 8. The van der Waals surface area contributed by atoms with Crippen molar-refractivity contribution in [3.63, 3.8) is 0 Å². The zero-order valence-electron chi connectivity index (χ0n) is 23.8. The monoisotopic (exact) mass is 548 g/mol. The maximum atomic E-state index is 12.6. The summed E-state index contributed by atoms with van der Waals surface area (Å²) in [6, 6.07) is 16.2. The zero-order chi connectivity index (χ0) is 28.2. The quantitative estimate of drug-likeness (QED) is 0.435. The van der Waals surface area contributed by atoms with Crippen LogP contribution in [-0.4, -0.2) is 89.5 Å². The van der Waals surface area contributed by atoms with Gasteiger partial charge in [0.1, 0.15) is 5.82 Å². The second-order valence-corrected chi connectivity index (χ2v) is 12.0. The first-order valence-electron chi connectivity index (χ1n) is 14.6. The van der Waals surface area contributed by atoms with Crippen LogP contribution in [0.4, 0.5) is 11.8 Å². The number of benzene rings is 2. The molecule has 210 valence electrons. The fourth-order valence-corrected chi connectivity index (χ4v) is 7.09. The lowest BCUT2D eigenvalue weighted by Crippen LogP contribution is -2.58. The second kappa shape index (κ2) is 10.1. The van der Waals surface area contributed by atoms with Gasteiger partial charge in [0, 0.05) is 63.5 Å². The molecule has 4 aliphatic rings. The van der Waals surface area contributed by atoms with Crippen LogP contribution in [0.5, 0.6) is 0 Å². The highest BCUT2D eigenvalue weighted by Gasteiger charge is 2.39. The van der Waals surface area contributed by atoms with E-state index in [2.05, 4.69) is 82.7 Å². The summed E-state index contributed by atoms with van der Waals surface area (Å²) in [4.78, 5) is 34.1. The van der Waals surface area contributed by atoms with Gasteiger partial charge in [-0.05, 0) is 48.5 Å². The van der Waals surface area contributed by atoms with Crippen LogP contribution in [-0.2, 0) is 24.3 Å². The standard InChI is InChI=1S/C32H36N8O/c1-4-29(41)40-14-13-37(16-23(40)11-12-33)31-26-19-38(20-27(26)34-32(35-31)39-17-24(18-39)36(2)3)28-15-22-9-5-7-21-8-6-10-25(28)30(21)22/h4-10,23-24,28H,1,11,13-20H2,2-3H3/t23-,28-/m0/s1. The molecule has 1 amide bonds. The number of anilines is 2. The highest BCUT2D eigenvalue weighted by atomic mass is 16.2. The number of amides is 1. The molecule has 2 aromatic carbocycles. The highest BCUT2D eigenvalue weighted by molar-refractivity contribution is 5.91. The molecule has 0 bridgehead atoms. The summed E-state index contributed by atoms with van der Waals surface area (Å²) in [7, 11) is 4.24. The Morgan fingerprint density at radius 3 is 2.66 bits per heavy atom. The zero-order valence-corrected chi connectivity index (χ0v) is 23.8. The average molecular weight is 549 g/mol. The lowest BCUT2D eigenvalue weighted by molar-refractivity contribution is -0.128. The van der Waals surface area contributed by atoms with Gasteiger partial charge in [-0.25, -0.2) is 4.98 Å². The molecule has 1 aliphatic carbocycles. The van der Waals surface area contributed by atoms with E-state index in [1.165, 1.54) is 33.5 Å². The van der Waals surface area contributed by atoms with E-state index in [0.717, 1.165) is 50.1 Å².